The third-order valence-electron chi connectivity index (χ3n) is 2.67. The molecule has 0 aliphatic heterocycles. The molecule has 2 nitrogen and oxygen atoms in total. The minimum atomic E-state index is 0.215. The summed E-state index contributed by atoms with van der Waals surface area (Å²) in [4.78, 5) is 4.41. The second kappa shape index (κ2) is 6.79. The molecule has 0 fully saturated rings. The molecule has 0 aliphatic carbocycles. The Morgan fingerprint density at radius 2 is 2.00 bits per heavy atom. The fourth-order valence-corrected chi connectivity index (χ4v) is 1.83. The lowest BCUT2D eigenvalue weighted by Gasteiger charge is -2.06. The van der Waals surface area contributed by atoms with Crippen molar-refractivity contribution in [2.24, 2.45) is 4.99 Å². The lowest BCUT2D eigenvalue weighted by Crippen LogP contribution is -1.97. The van der Waals surface area contributed by atoms with E-state index in [2.05, 4.69) is 10.9 Å². The monoisotopic (exact) mass is 283 g/mol. The molecular weight excluding hydrogens is 270 g/mol. The molecule has 0 saturated heterocycles. The normalized spacial score (nSPS) is 10.4. The average molecular weight is 284 g/mol. The van der Waals surface area contributed by atoms with Crippen LogP contribution in [0, 0.1) is 19.3 Å². The summed E-state index contributed by atoms with van der Waals surface area (Å²) < 4.78 is 5.46. The van der Waals surface area contributed by atoms with E-state index in [1.807, 2.05) is 31.2 Å². The molecule has 0 unspecified atom stereocenters. The number of benzene rings is 2. The minimum absolute atomic E-state index is 0.215. The Bertz CT molecular complexity index is 654. The van der Waals surface area contributed by atoms with Gasteiger partial charge in [-0.15, -0.1) is 6.42 Å². The molecule has 3 heteroatoms. The lowest BCUT2D eigenvalue weighted by atomic mass is 10.2. The first-order valence-electron chi connectivity index (χ1n) is 6.15. The van der Waals surface area contributed by atoms with Crippen molar-refractivity contribution in [2.45, 2.75) is 6.92 Å². The highest BCUT2D eigenvalue weighted by Gasteiger charge is 2.02. The molecule has 0 saturated carbocycles. The molecule has 20 heavy (non-hydrogen) atoms. The fourth-order valence-electron chi connectivity index (χ4n) is 1.65. The summed E-state index contributed by atoms with van der Waals surface area (Å²) in [6.45, 7) is 2.25. The van der Waals surface area contributed by atoms with Gasteiger partial charge in [0.2, 0.25) is 0 Å². The predicted octanol–water partition coefficient (Wildman–Crippen LogP) is 4.41. The third-order valence-corrected chi connectivity index (χ3v) is 2.90. The molecule has 0 aromatic heterocycles. The van der Waals surface area contributed by atoms with Crippen molar-refractivity contribution in [3.63, 3.8) is 0 Å². The molecule has 100 valence electrons. The number of nitrogens with zero attached hydrogens (tertiary/aromatic N) is 1. The maximum atomic E-state index is 6.00. The number of halogens is 1. The number of hydrogen-bond donors (Lipinski definition) is 0. The number of terminal acetylenes is 1. The smallest absolute Gasteiger partial charge is 0.148 e. The first-order valence-corrected chi connectivity index (χ1v) is 6.53. The Hall–Kier alpha value is -2.24. The zero-order valence-electron chi connectivity index (χ0n) is 11.1. The third kappa shape index (κ3) is 3.88. The zero-order chi connectivity index (χ0) is 14.4. The van der Waals surface area contributed by atoms with Crippen LogP contribution in [0.15, 0.2) is 47.5 Å². The van der Waals surface area contributed by atoms with Gasteiger partial charge in [0.15, 0.2) is 0 Å². The minimum Gasteiger partial charge on any atom is -0.480 e. The van der Waals surface area contributed by atoms with E-state index >= 15 is 0 Å². The Morgan fingerprint density at radius 1 is 1.25 bits per heavy atom. The van der Waals surface area contributed by atoms with Crippen LogP contribution in [0.1, 0.15) is 11.1 Å². The molecule has 0 atom stereocenters. The van der Waals surface area contributed by atoms with Crippen LogP contribution in [0.25, 0.3) is 0 Å². The van der Waals surface area contributed by atoms with Crippen molar-refractivity contribution in [1.29, 1.82) is 0 Å². The van der Waals surface area contributed by atoms with Gasteiger partial charge in [-0.1, -0.05) is 35.2 Å². The molecular formula is C17H14ClNO. The highest BCUT2D eigenvalue weighted by atomic mass is 35.5. The summed E-state index contributed by atoms with van der Waals surface area (Å²) in [7, 11) is 0. The fraction of sp³-hybridized carbons (Fsp3) is 0.118. The van der Waals surface area contributed by atoms with Gasteiger partial charge in [0.1, 0.15) is 12.4 Å². The van der Waals surface area contributed by atoms with Gasteiger partial charge in [-0.05, 0) is 37.3 Å². The van der Waals surface area contributed by atoms with Gasteiger partial charge in [-0.3, -0.25) is 4.99 Å². The Labute approximate surface area is 124 Å². The quantitative estimate of drug-likeness (QED) is 0.601. The number of aryl methyl sites for hydroxylation is 1. The second-order valence-electron chi connectivity index (χ2n) is 4.27. The Morgan fingerprint density at radius 3 is 2.70 bits per heavy atom. The van der Waals surface area contributed by atoms with E-state index in [1.54, 1.807) is 24.4 Å². The second-order valence-corrected chi connectivity index (χ2v) is 4.71. The van der Waals surface area contributed by atoms with Gasteiger partial charge < -0.3 is 4.74 Å². The van der Waals surface area contributed by atoms with E-state index in [0.29, 0.717) is 10.8 Å². The number of aliphatic imine (C=N–C) groups is 1. The van der Waals surface area contributed by atoms with Gasteiger partial charge >= 0.3 is 0 Å². The zero-order valence-corrected chi connectivity index (χ0v) is 11.9. The van der Waals surface area contributed by atoms with Gasteiger partial charge in [0, 0.05) is 16.8 Å². The van der Waals surface area contributed by atoms with Gasteiger partial charge in [-0.25, -0.2) is 0 Å². The van der Waals surface area contributed by atoms with Gasteiger partial charge in [0.25, 0.3) is 0 Å². The van der Waals surface area contributed by atoms with E-state index in [-0.39, 0.29) is 6.61 Å². The molecule has 0 radical (unpaired) electrons. The summed E-state index contributed by atoms with van der Waals surface area (Å²) in [6, 6.07) is 13.3. The van der Waals surface area contributed by atoms with Crippen molar-refractivity contribution in [2.75, 3.05) is 6.61 Å². The van der Waals surface area contributed by atoms with Crippen LogP contribution in [-0.4, -0.2) is 12.8 Å². The van der Waals surface area contributed by atoms with E-state index in [0.717, 1.165) is 11.3 Å². The maximum absolute atomic E-state index is 6.00. The molecule has 0 aliphatic rings. The van der Waals surface area contributed by atoms with Crippen molar-refractivity contribution in [3.8, 4) is 18.1 Å². The van der Waals surface area contributed by atoms with Crippen LogP contribution in [-0.2, 0) is 0 Å². The molecule has 0 bridgehead atoms. The first kappa shape index (κ1) is 14.2. The molecule has 2 aromatic rings. The largest absolute Gasteiger partial charge is 0.480 e. The Balaban J connectivity index is 2.25. The highest BCUT2D eigenvalue weighted by Crippen LogP contribution is 2.22. The van der Waals surface area contributed by atoms with Crippen molar-refractivity contribution < 1.29 is 4.74 Å². The van der Waals surface area contributed by atoms with Crippen LogP contribution in [0.4, 0.5) is 5.69 Å². The summed E-state index contributed by atoms with van der Waals surface area (Å²) in [5, 5.41) is 0.628. The van der Waals surface area contributed by atoms with E-state index < -0.39 is 0 Å². The van der Waals surface area contributed by atoms with E-state index in [4.69, 9.17) is 22.8 Å². The van der Waals surface area contributed by atoms with Gasteiger partial charge in [-0.2, -0.15) is 0 Å². The Kier molecular flexibility index (Phi) is 4.81. The SMILES string of the molecule is C#CCOc1ccc(Cl)cc1C=Nc1ccc(C)cc1. The molecule has 0 spiro atoms. The molecule has 0 amide bonds. The van der Waals surface area contributed by atoms with Crippen molar-refractivity contribution in [3.05, 3.63) is 58.6 Å². The molecule has 2 rings (SSSR count). The van der Waals surface area contributed by atoms with E-state index in [9.17, 15) is 0 Å². The van der Waals surface area contributed by atoms with Crippen molar-refractivity contribution >= 4 is 23.5 Å². The standard InChI is InChI=1S/C17H14ClNO/c1-3-10-20-17-9-6-15(18)11-14(17)12-19-16-7-4-13(2)5-8-16/h1,4-9,11-12H,10H2,2H3. The van der Waals surface area contributed by atoms with Crippen LogP contribution in [0.5, 0.6) is 5.75 Å². The summed E-state index contributed by atoms with van der Waals surface area (Å²) in [5.41, 5.74) is 2.87. The number of ether oxygens (including phenoxy) is 1. The van der Waals surface area contributed by atoms with Crippen LogP contribution >= 0.6 is 11.6 Å². The molecule has 0 N–H and O–H groups in total. The average Bonchev–Trinajstić information content (AvgIpc) is 2.46. The maximum Gasteiger partial charge on any atom is 0.148 e. The van der Waals surface area contributed by atoms with Crippen LogP contribution in [0.3, 0.4) is 0 Å². The number of hydrogen-bond acceptors (Lipinski definition) is 2. The lowest BCUT2D eigenvalue weighted by molar-refractivity contribution is 0.370. The summed E-state index contributed by atoms with van der Waals surface area (Å²) in [5.74, 6) is 3.11. The van der Waals surface area contributed by atoms with Crippen LogP contribution in [0.2, 0.25) is 5.02 Å². The van der Waals surface area contributed by atoms with Crippen molar-refractivity contribution in [1.82, 2.24) is 0 Å². The summed E-state index contributed by atoms with van der Waals surface area (Å²) in [6.07, 6.45) is 6.93. The highest BCUT2D eigenvalue weighted by molar-refractivity contribution is 6.30. The topological polar surface area (TPSA) is 21.6 Å². The summed E-state index contributed by atoms with van der Waals surface area (Å²) >= 11 is 6.00. The first-order chi connectivity index (χ1) is 9.69. The molecule has 0 heterocycles. The van der Waals surface area contributed by atoms with E-state index in [1.165, 1.54) is 5.56 Å². The van der Waals surface area contributed by atoms with Crippen LogP contribution < -0.4 is 4.74 Å². The predicted molar refractivity (Wildman–Crippen MR) is 84.2 cm³/mol. The number of rotatable bonds is 4. The molecule has 2 aromatic carbocycles. The van der Waals surface area contributed by atoms with Gasteiger partial charge in [0.05, 0.1) is 5.69 Å².